The molecule has 20 heavy (non-hydrogen) atoms. The Bertz CT molecular complexity index is 686. The molecule has 1 aliphatic heterocycles. The van der Waals surface area contributed by atoms with E-state index in [9.17, 15) is 4.21 Å². The maximum atomic E-state index is 11.4. The highest BCUT2D eigenvalue weighted by molar-refractivity contribution is 7.85. The number of hydrogen-bond donors (Lipinski definition) is 2. The Morgan fingerprint density at radius 2 is 1.95 bits per heavy atom. The Labute approximate surface area is 119 Å². The molecule has 1 unspecified atom stereocenters. The first-order valence-electron chi connectivity index (χ1n) is 6.07. The van der Waals surface area contributed by atoms with Gasteiger partial charge in [0.1, 0.15) is 18.2 Å². The van der Waals surface area contributed by atoms with E-state index in [4.69, 9.17) is 10.5 Å². The van der Waals surface area contributed by atoms with Gasteiger partial charge in [0.25, 0.3) is 0 Å². The van der Waals surface area contributed by atoms with E-state index in [0.29, 0.717) is 23.6 Å². The Morgan fingerprint density at radius 1 is 1.15 bits per heavy atom. The van der Waals surface area contributed by atoms with Gasteiger partial charge in [0, 0.05) is 0 Å². The number of ether oxygens (including phenoxy) is 1. The summed E-state index contributed by atoms with van der Waals surface area (Å²) in [6.07, 6.45) is 0. The summed E-state index contributed by atoms with van der Waals surface area (Å²) in [5, 5.41) is 0. The van der Waals surface area contributed by atoms with Gasteiger partial charge in [-0.1, -0.05) is 36.4 Å². The monoisotopic (exact) mass is 287 g/mol. The third-order valence-electron chi connectivity index (χ3n) is 2.90. The van der Waals surface area contributed by atoms with Crippen LogP contribution < -0.4 is 15.2 Å². The standard InChI is InChI=1S/C14H13N3O2S/c15-14-13-11(16-20(18)17-14)7-4-8-12(13)19-9-10-5-2-1-3-6-10/h1-8,16H,9H2,(H2,15,17). The molecule has 3 rings (SSSR count). The highest BCUT2D eigenvalue weighted by Gasteiger charge is 2.19. The van der Waals surface area contributed by atoms with Gasteiger partial charge >= 0.3 is 0 Å². The molecule has 3 N–H and O–H groups in total. The Hall–Kier alpha value is -2.34. The molecule has 2 aromatic rings. The zero-order valence-electron chi connectivity index (χ0n) is 10.6. The Balaban J connectivity index is 1.88. The maximum Gasteiger partial charge on any atom is 0.245 e. The van der Waals surface area contributed by atoms with E-state index in [1.54, 1.807) is 6.07 Å². The molecule has 0 aromatic heterocycles. The van der Waals surface area contributed by atoms with Crippen LogP contribution in [0.5, 0.6) is 5.75 Å². The Kier molecular flexibility index (Phi) is 3.39. The van der Waals surface area contributed by atoms with Crippen LogP contribution in [0.15, 0.2) is 52.9 Å². The highest BCUT2D eigenvalue weighted by atomic mass is 32.2. The van der Waals surface area contributed by atoms with E-state index in [1.165, 1.54) is 0 Å². The van der Waals surface area contributed by atoms with Crippen molar-refractivity contribution in [3.05, 3.63) is 59.7 Å². The minimum absolute atomic E-state index is 0.223. The van der Waals surface area contributed by atoms with Crippen LogP contribution in [0.4, 0.5) is 5.69 Å². The first-order valence-corrected chi connectivity index (χ1v) is 7.17. The molecule has 0 saturated heterocycles. The summed E-state index contributed by atoms with van der Waals surface area (Å²) in [6, 6.07) is 15.3. The first-order chi connectivity index (χ1) is 9.74. The molecule has 1 heterocycles. The second kappa shape index (κ2) is 5.34. The number of rotatable bonds is 3. The van der Waals surface area contributed by atoms with Gasteiger partial charge in [0.2, 0.25) is 11.2 Å². The summed E-state index contributed by atoms with van der Waals surface area (Å²) in [7, 11) is 0. The lowest BCUT2D eigenvalue weighted by Crippen LogP contribution is -2.23. The second-order valence-electron chi connectivity index (χ2n) is 4.28. The number of nitrogens with zero attached hydrogens (tertiary/aromatic N) is 1. The normalized spacial score (nSPS) is 16.8. The van der Waals surface area contributed by atoms with E-state index in [2.05, 4.69) is 9.12 Å². The van der Waals surface area contributed by atoms with Crippen molar-refractivity contribution in [2.24, 2.45) is 10.1 Å². The lowest BCUT2D eigenvalue weighted by Gasteiger charge is -2.18. The van der Waals surface area contributed by atoms with E-state index >= 15 is 0 Å². The van der Waals surface area contributed by atoms with Gasteiger partial charge in [0.15, 0.2) is 0 Å². The lowest BCUT2D eigenvalue weighted by molar-refractivity contribution is 0.306. The summed E-state index contributed by atoms with van der Waals surface area (Å²) < 4.78 is 23.8. The summed E-state index contributed by atoms with van der Waals surface area (Å²) in [5.74, 6) is 0.845. The third kappa shape index (κ3) is 2.50. The lowest BCUT2D eigenvalue weighted by atomic mass is 10.1. The molecule has 1 aliphatic rings. The van der Waals surface area contributed by atoms with Crippen molar-refractivity contribution in [1.82, 2.24) is 0 Å². The van der Waals surface area contributed by atoms with Gasteiger partial charge in [-0.05, 0) is 17.7 Å². The van der Waals surface area contributed by atoms with Crippen molar-refractivity contribution in [3.8, 4) is 5.75 Å². The minimum Gasteiger partial charge on any atom is -0.488 e. The molecule has 5 nitrogen and oxygen atoms in total. The number of hydrogen-bond acceptors (Lipinski definition) is 3. The molecule has 102 valence electrons. The number of fused-ring (bicyclic) bond motifs is 1. The summed E-state index contributed by atoms with van der Waals surface area (Å²) in [5.41, 5.74) is 8.23. The number of benzene rings is 2. The van der Waals surface area contributed by atoms with Gasteiger partial charge in [-0.25, -0.2) is 4.21 Å². The molecule has 6 heteroatoms. The van der Waals surface area contributed by atoms with E-state index < -0.39 is 11.2 Å². The molecule has 0 spiro atoms. The molecule has 1 atom stereocenters. The maximum absolute atomic E-state index is 11.4. The predicted octanol–water partition coefficient (Wildman–Crippen LogP) is 1.98. The Morgan fingerprint density at radius 3 is 2.75 bits per heavy atom. The smallest absolute Gasteiger partial charge is 0.245 e. The molecule has 0 radical (unpaired) electrons. The molecule has 0 fully saturated rings. The van der Waals surface area contributed by atoms with Crippen LogP contribution in [-0.4, -0.2) is 10.0 Å². The van der Waals surface area contributed by atoms with Crippen molar-refractivity contribution in [2.45, 2.75) is 6.61 Å². The number of nitrogens with one attached hydrogen (secondary N) is 1. The van der Waals surface area contributed by atoms with Gasteiger partial charge in [-0.15, -0.1) is 0 Å². The van der Waals surface area contributed by atoms with Crippen LogP contribution in [0.25, 0.3) is 0 Å². The number of amidine groups is 1. The van der Waals surface area contributed by atoms with Crippen LogP contribution in [-0.2, 0) is 17.8 Å². The third-order valence-corrected chi connectivity index (χ3v) is 3.66. The van der Waals surface area contributed by atoms with E-state index in [0.717, 1.165) is 5.56 Å². The van der Waals surface area contributed by atoms with Gasteiger partial charge < -0.3 is 10.5 Å². The zero-order chi connectivity index (χ0) is 13.9. The molecular weight excluding hydrogens is 274 g/mol. The van der Waals surface area contributed by atoms with E-state index in [-0.39, 0.29) is 5.84 Å². The van der Waals surface area contributed by atoms with Crippen LogP contribution in [0, 0.1) is 0 Å². The van der Waals surface area contributed by atoms with Gasteiger partial charge in [-0.2, -0.15) is 4.40 Å². The van der Waals surface area contributed by atoms with Crippen molar-refractivity contribution >= 4 is 22.7 Å². The quantitative estimate of drug-likeness (QED) is 0.906. The van der Waals surface area contributed by atoms with Crippen molar-refractivity contribution in [2.75, 3.05) is 4.72 Å². The molecule has 0 bridgehead atoms. The minimum atomic E-state index is -1.52. The van der Waals surface area contributed by atoms with Crippen LogP contribution in [0.2, 0.25) is 0 Å². The highest BCUT2D eigenvalue weighted by Crippen LogP contribution is 2.30. The largest absolute Gasteiger partial charge is 0.488 e. The van der Waals surface area contributed by atoms with Crippen LogP contribution >= 0.6 is 0 Å². The summed E-state index contributed by atoms with van der Waals surface area (Å²) >= 11 is -1.52. The van der Waals surface area contributed by atoms with Gasteiger partial charge in [-0.3, -0.25) is 4.72 Å². The van der Waals surface area contributed by atoms with E-state index in [1.807, 2.05) is 42.5 Å². The second-order valence-corrected chi connectivity index (χ2v) is 5.17. The number of nitrogens with two attached hydrogens (primary N) is 1. The fraction of sp³-hybridized carbons (Fsp3) is 0.0714. The van der Waals surface area contributed by atoms with Crippen LogP contribution in [0.3, 0.4) is 0 Å². The van der Waals surface area contributed by atoms with Crippen molar-refractivity contribution in [1.29, 1.82) is 0 Å². The fourth-order valence-electron chi connectivity index (χ4n) is 1.99. The van der Waals surface area contributed by atoms with Gasteiger partial charge in [0.05, 0.1) is 11.3 Å². The average molecular weight is 287 g/mol. The predicted molar refractivity (Wildman–Crippen MR) is 79.7 cm³/mol. The zero-order valence-corrected chi connectivity index (χ0v) is 11.4. The molecule has 0 amide bonds. The van der Waals surface area contributed by atoms with Crippen LogP contribution in [0.1, 0.15) is 11.1 Å². The molecular formula is C14H13N3O2S. The average Bonchev–Trinajstić information content (AvgIpc) is 2.45. The fourth-order valence-corrected chi connectivity index (χ4v) is 2.66. The summed E-state index contributed by atoms with van der Waals surface area (Å²) in [4.78, 5) is 0. The number of anilines is 1. The molecule has 0 aliphatic carbocycles. The SMILES string of the molecule is NC1=NS(=O)Nc2cccc(OCc3ccccc3)c21. The summed E-state index contributed by atoms with van der Waals surface area (Å²) in [6.45, 7) is 0.438. The molecule has 0 saturated carbocycles. The first kappa shape index (κ1) is 12.7. The van der Waals surface area contributed by atoms with Crippen molar-refractivity contribution < 1.29 is 8.95 Å². The topological polar surface area (TPSA) is 76.7 Å². The molecule has 2 aromatic carbocycles. The van der Waals surface area contributed by atoms with Crippen molar-refractivity contribution in [3.63, 3.8) is 0 Å².